The highest BCUT2D eigenvalue weighted by molar-refractivity contribution is 5.68. The third-order valence-corrected chi connectivity index (χ3v) is 3.34. The predicted octanol–water partition coefficient (Wildman–Crippen LogP) is 6.50. The second kappa shape index (κ2) is 6.51. The molecule has 2 rings (SSSR count). The smallest absolute Gasteiger partial charge is 0.203 e. The van der Waals surface area contributed by atoms with Gasteiger partial charge >= 0.3 is 12.4 Å². The van der Waals surface area contributed by atoms with Gasteiger partial charge in [0, 0.05) is 0 Å². The van der Waals surface area contributed by atoms with E-state index in [2.05, 4.69) is 0 Å². The molecule has 154 valence electrons. The van der Waals surface area contributed by atoms with Gasteiger partial charge in [-0.1, -0.05) is 0 Å². The molecule has 0 fully saturated rings. The summed E-state index contributed by atoms with van der Waals surface area (Å²) in [6, 6.07) is 0. The summed E-state index contributed by atoms with van der Waals surface area (Å²) in [6.07, 6.45) is -12.1. The van der Waals surface area contributed by atoms with Crippen LogP contribution in [-0.4, -0.2) is 0 Å². The van der Waals surface area contributed by atoms with Crippen molar-refractivity contribution in [1.29, 1.82) is 0 Å². The molecule has 0 aliphatic carbocycles. The summed E-state index contributed by atoms with van der Waals surface area (Å²) in [4.78, 5) is 0. The Hall–Kier alpha value is -2.54. The Morgan fingerprint density at radius 2 is 0.500 bits per heavy atom. The van der Waals surface area contributed by atoms with E-state index in [1.165, 1.54) is 0 Å². The van der Waals surface area contributed by atoms with E-state index in [-0.39, 0.29) is 0 Å². The van der Waals surface area contributed by atoms with Crippen molar-refractivity contribution >= 4 is 0 Å². The summed E-state index contributed by atoms with van der Waals surface area (Å²) in [5, 5.41) is 0. The Balaban J connectivity index is 3.04. The topological polar surface area (TPSA) is 0 Å². The van der Waals surface area contributed by atoms with Gasteiger partial charge in [0.25, 0.3) is 0 Å². The molecule has 2 aromatic rings. The molecule has 0 bridgehead atoms. The van der Waals surface area contributed by atoms with Crippen molar-refractivity contribution < 1.29 is 61.5 Å². The largest absolute Gasteiger partial charge is 0.422 e. The van der Waals surface area contributed by atoms with Crippen molar-refractivity contribution in [2.24, 2.45) is 0 Å². The maximum atomic E-state index is 13.8. The molecule has 0 heterocycles. The van der Waals surface area contributed by atoms with Crippen LogP contribution in [0.2, 0.25) is 0 Å². The molecular weight excluding hydrogens is 434 g/mol. The summed E-state index contributed by atoms with van der Waals surface area (Å²) < 4.78 is 184. The first-order chi connectivity index (χ1) is 12.5. The Labute approximate surface area is 144 Å². The van der Waals surface area contributed by atoms with Crippen LogP contribution >= 0.6 is 0 Å². The first-order valence-corrected chi connectivity index (χ1v) is 6.40. The van der Waals surface area contributed by atoms with E-state index in [9.17, 15) is 61.5 Å². The molecule has 28 heavy (non-hydrogen) atoms. The molecule has 14 heteroatoms. The first-order valence-electron chi connectivity index (χ1n) is 6.40. The molecule has 0 unspecified atom stereocenters. The van der Waals surface area contributed by atoms with Crippen LogP contribution in [0, 0.1) is 46.5 Å². The van der Waals surface area contributed by atoms with Gasteiger partial charge in [0.05, 0.1) is 11.1 Å². The summed E-state index contributed by atoms with van der Waals surface area (Å²) in [7, 11) is 0. The molecule has 0 radical (unpaired) electrons. The van der Waals surface area contributed by atoms with Crippen molar-refractivity contribution in [3.8, 4) is 11.1 Å². The summed E-state index contributed by atoms with van der Waals surface area (Å²) in [5.74, 6) is -25.6. The van der Waals surface area contributed by atoms with Crippen LogP contribution in [0.5, 0.6) is 0 Å². The molecule has 0 saturated heterocycles. The predicted molar refractivity (Wildman–Crippen MR) is 61.5 cm³/mol. The standard InChI is InChI=1S/C14F14/c15-5-1(6(16)10(20)3(9(5)19)13(23,24)25)2-7(17)11(21)4(14(26,27)28)12(22)8(2)18. The lowest BCUT2D eigenvalue weighted by Gasteiger charge is -2.17. The fraction of sp³-hybridized carbons (Fsp3) is 0.143. The Bertz CT molecular complexity index is 828. The monoisotopic (exact) mass is 434 g/mol. The minimum Gasteiger partial charge on any atom is -0.203 e. The number of benzene rings is 2. The zero-order chi connectivity index (χ0) is 21.9. The first kappa shape index (κ1) is 21.8. The molecule has 2 aromatic carbocycles. The molecule has 0 aliphatic heterocycles. The van der Waals surface area contributed by atoms with Crippen molar-refractivity contribution in [1.82, 2.24) is 0 Å². The van der Waals surface area contributed by atoms with Gasteiger partial charge in [0.15, 0.2) is 46.5 Å². The lowest BCUT2D eigenvalue weighted by molar-refractivity contribution is -0.144. The lowest BCUT2D eigenvalue weighted by Crippen LogP contribution is -2.19. The van der Waals surface area contributed by atoms with Crippen LogP contribution < -0.4 is 0 Å². The van der Waals surface area contributed by atoms with Crippen LogP contribution in [0.25, 0.3) is 11.1 Å². The number of halogens is 14. The van der Waals surface area contributed by atoms with Crippen LogP contribution in [-0.2, 0) is 12.4 Å². The maximum Gasteiger partial charge on any atom is 0.422 e. The molecular formula is C14F14. The van der Waals surface area contributed by atoms with Crippen molar-refractivity contribution in [3.05, 3.63) is 57.7 Å². The number of alkyl halides is 6. The fourth-order valence-corrected chi connectivity index (χ4v) is 2.20. The summed E-state index contributed by atoms with van der Waals surface area (Å²) >= 11 is 0. The van der Waals surface area contributed by atoms with E-state index in [0.717, 1.165) is 0 Å². The van der Waals surface area contributed by atoms with Crippen LogP contribution in [0.1, 0.15) is 11.1 Å². The zero-order valence-electron chi connectivity index (χ0n) is 12.3. The second-order valence-corrected chi connectivity index (χ2v) is 5.01. The minimum absolute atomic E-state index is 2.72. The zero-order valence-corrected chi connectivity index (χ0v) is 12.3. The number of hydrogen-bond acceptors (Lipinski definition) is 0. The second-order valence-electron chi connectivity index (χ2n) is 5.01. The normalized spacial score (nSPS) is 12.6. The van der Waals surface area contributed by atoms with Crippen LogP contribution in [0.3, 0.4) is 0 Å². The van der Waals surface area contributed by atoms with Gasteiger partial charge in [-0.15, -0.1) is 0 Å². The van der Waals surface area contributed by atoms with Crippen molar-refractivity contribution in [3.63, 3.8) is 0 Å². The summed E-state index contributed by atoms with van der Waals surface area (Å²) in [5.41, 5.74) is -11.8. The van der Waals surface area contributed by atoms with Gasteiger partial charge in [-0.2, -0.15) is 26.3 Å². The van der Waals surface area contributed by atoms with Crippen molar-refractivity contribution in [2.75, 3.05) is 0 Å². The SMILES string of the molecule is Fc1c(F)c(C(F)(F)F)c(F)c(F)c1-c1c(F)c(F)c(C(F)(F)F)c(F)c1F. The van der Waals surface area contributed by atoms with Gasteiger partial charge in [0.1, 0.15) is 11.1 Å². The molecule has 0 amide bonds. The highest BCUT2D eigenvalue weighted by atomic mass is 19.4. The molecule has 0 aliphatic rings. The number of hydrogen-bond donors (Lipinski definition) is 0. The average molecular weight is 434 g/mol. The molecule has 0 spiro atoms. The van der Waals surface area contributed by atoms with Gasteiger partial charge in [-0.05, 0) is 0 Å². The van der Waals surface area contributed by atoms with Crippen molar-refractivity contribution in [2.45, 2.75) is 12.4 Å². The van der Waals surface area contributed by atoms with Gasteiger partial charge in [0.2, 0.25) is 0 Å². The summed E-state index contributed by atoms with van der Waals surface area (Å²) in [6.45, 7) is 0. The number of rotatable bonds is 1. The highest BCUT2D eigenvalue weighted by Crippen LogP contribution is 2.44. The van der Waals surface area contributed by atoms with E-state index < -0.39 is 81.1 Å². The minimum atomic E-state index is -6.05. The van der Waals surface area contributed by atoms with Gasteiger partial charge in [-0.25, -0.2) is 35.1 Å². The molecule has 0 nitrogen and oxygen atoms in total. The van der Waals surface area contributed by atoms with Gasteiger partial charge in [-0.3, -0.25) is 0 Å². The molecule has 0 N–H and O–H groups in total. The van der Waals surface area contributed by atoms with E-state index in [4.69, 9.17) is 0 Å². The van der Waals surface area contributed by atoms with E-state index in [1.807, 2.05) is 0 Å². The quantitative estimate of drug-likeness (QED) is 0.355. The van der Waals surface area contributed by atoms with Crippen LogP contribution in [0.4, 0.5) is 61.5 Å². The lowest BCUT2D eigenvalue weighted by atomic mass is 9.97. The van der Waals surface area contributed by atoms with E-state index >= 15 is 0 Å². The fourth-order valence-electron chi connectivity index (χ4n) is 2.20. The Kier molecular flexibility index (Phi) is 5.06. The van der Waals surface area contributed by atoms with Gasteiger partial charge < -0.3 is 0 Å². The Morgan fingerprint density at radius 1 is 0.321 bits per heavy atom. The van der Waals surface area contributed by atoms with E-state index in [1.54, 1.807) is 0 Å². The third kappa shape index (κ3) is 3.13. The maximum absolute atomic E-state index is 13.8. The average Bonchev–Trinajstić information content (AvgIpc) is 2.52. The Morgan fingerprint density at radius 3 is 0.643 bits per heavy atom. The van der Waals surface area contributed by atoms with E-state index in [0.29, 0.717) is 0 Å². The molecule has 0 atom stereocenters. The van der Waals surface area contributed by atoms with Crippen LogP contribution in [0.15, 0.2) is 0 Å². The molecule has 0 aromatic heterocycles. The molecule has 0 saturated carbocycles. The highest BCUT2D eigenvalue weighted by Gasteiger charge is 2.46. The third-order valence-electron chi connectivity index (χ3n) is 3.34.